The highest BCUT2D eigenvalue weighted by Crippen LogP contribution is 2.34. The molecule has 0 saturated carbocycles. The van der Waals surface area contributed by atoms with Crippen LogP contribution < -0.4 is 0 Å². The third-order valence-corrected chi connectivity index (χ3v) is 4.46. The van der Waals surface area contributed by atoms with Crippen molar-refractivity contribution in [3.8, 4) is 0 Å². The van der Waals surface area contributed by atoms with Crippen molar-refractivity contribution >= 4 is 11.9 Å². The highest BCUT2D eigenvalue weighted by molar-refractivity contribution is 5.81. The van der Waals surface area contributed by atoms with Crippen molar-refractivity contribution < 1.29 is 19.4 Å². The van der Waals surface area contributed by atoms with E-state index in [0.717, 1.165) is 12.0 Å². The number of hydrogen-bond donors (Lipinski definition) is 1. The van der Waals surface area contributed by atoms with Crippen molar-refractivity contribution in [2.24, 2.45) is 11.8 Å². The first-order valence-corrected chi connectivity index (χ1v) is 7.31. The van der Waals surface area contributed by atoms with Gasteiger partial charge in [0.1, 0.15) is 0 Å². The molecule has 112 valence electrons. The van der Waals surface area contributed by atoms with E-state index in [1.165, 1.54) is 0 Å². The Morgan fingerprint density at radius 2 is 1.95 bits per heavy atom. The quantitative estimate of drug-likeness (QED) is 0.912. The summed E-state index contributed by atoms with van der Waals surface area (Å²) in [4.78, 5) is 25.7. The van der Waals surface area contributed by atoms with Crippen LogP contribution in [0, 0.1) is 11.8 Å². The van der Waals surface area contributed by atoms with Gasteiger partial charge in [-0.2, -0.15) is 0 Å². The molecule has 5 nitrogen and oxygen atoms in total. The molecule has 1 unspecified atom stereocenters. The average molecular weight is 289 g/mol. The number of likely N-dealkylation sites (tertiary alicyclic amines) is 1. The first-order chi connectivity index (χ1) is 10.2. The fourth-order valence-corrected chi connectivity index (χ4v) is 3.26. The van der Waals surface area contributed by atoms with Crippen molar-refractivity contribution in [3.63, 3.8) is 0 Å². The molecule has 5 heteroatoms. The number of carbonyl (C=O) groups is 2. The standard InChI is InChI=1S/C16H19NO4/c18-15(12-6-7-21-10-12)17-8-13(14(9-17)16(19)20)11-4-2-1-3-5-11/h1-5,12-14H,6-10H2,(H,19,20)/t12?,13-,14+/m0/s1. The van der Waals surface area contributed by atoms with Gasteiger partial charge in [-0.05, 0) is 12.0 Å². The Balaban J connectivity index is 1.78. The summed E-state index contributed by atoms with van der Waals surface area (Å²) in [5.74, 6) is -1.55. The highest BCUT2D eigenvalue weighted by atomic mass is 16.5. The number of hydrogen-bond acceptors (Lipinski definition) is 3. The Morgan fingerprint density at radius 3 is 2.57 bits per heavy atom. The minimum Gasteiger partial charge on any atom is -0.481 e. The molecular formula is C16H19NO4. The summed E-state index contributed by atoms with van der Waals surface area (Å²) in [6.45, 7) is 1.86. The van der Waals surface area contributed by atoms with Crippen LogP contribution in [0.3, 0.4) is 0 Å². The van der Waals surface area contributed by atoms with Gasteiger partial charge in [0, 0.05) is 25.6 Å². The summed E-state index contributed by atoms with van der Waals surface area (Å²) in [6, 6.07) is 9.60. The van der Waals surface area contributed by atoms with Crippen LogP contribution in [0.2, 0.25) is 0 Å². The molecule has 0 aliphatic carbocycles. The van der Waals surface area contributed by atoms with E-state index in [0.29, 0.717) is 26.3 Å². The monoisotopic (exact) mass is 289 g/mol. The van der Waals surface area contributed by atoms with Crippen LogP contribution in [0.25, 0.3) is 0 Å². The Bertz CT molecular complexity index is 524. The molecule has 21 heavy (non-hydrogen) atoms. The van der Waals surface area contributed by atoms with Gasteiger partial charge in [-0.25, -0.2) is 0 Å². The number of carboxylic acids is 1. The van der Waals surface area contributed by atoms with Crippen LogP contribution in [-0.2, 0) is 14.3 Å². The number of benzene rings is 1. The van der Waals surface area contributed by atoms with Crippen molar-refractivity contribution in [1.29, 1.82) is 0 Å². The molecule has 3 atom stereocenters. The van der Waals surface area contributed by atoms with E-state index in [1.807, 2.05) is 30.3 Å². The minimum atomic E-state index is -0.832. The fraction of sp³-hybridized carbons (Fsp3) is 0.500. The first kappa shape index (κ1) is 14.1. The number of carbonyl (C=O) groups excluding carboxylic acids is 1. The van der Waals surface area contributed by atoms with Gasteiger partial charge in [0.05, 0.1) is 18.4 Å². The summed E-state index contributed by atoms with van der Waals surface area (Å²) in [5, 5.41) is 9.45. The van der Waals surface area contributed by atoms with Crippen molar-refractivity contribution in [2.75, 3.05) is 26.3 Å². The van der Waals surface area contributed by atoms with E-state index >= 15 is 0 Å². The summed E-state index contributed by atoms with van der Waals surface area (Å²) < 4.78 is 5.26. The second kappa shape index (κ2) is 5.85. The average Bonchev–Trinajstić information content (AvgIpc) is 3.17. The highest BCUT2D eigenvalue weighted by Gasteiger charge is 2.42. The molecule has 1 amide bonds. The largest absolute Gasteiger partial charge is 0.481 e. The molecule has 2 fully saturated rings. The second-order valence-corrected chi connectivity index (χ2v) is 5.77. The summed E-state index contributed by atoms with van der Waals surface area (Å²) in [6.07, 6.45) is 0.739. The van der Waals surface area contributed by atoms with Crippen LogP contribution >= 0.6 is 0 Å². The summed E-state index contributed by atoms with van der Waals surface area (Å²) >= 11 is 0. The molecule has 2 saturated heterocycles. The molecule has 2 aliphatic heterocycles. The SMILES string of the molecule is O=C(O)[C@@H]1CN(C(=O)C2CCOC2)C[C@H]1c1ccccc1. The maximum Gasteiger partial charge on any atom is 0.308 e. The zero-order valence-corrected chi connectivity index (χ0v) is 11.8. The van der Waals surface area contributed by atoms with E-state index < -0.39 is 11.9 Å². The lowest BCUT2D eigenvalue weighted by molar-refractivity contribution is -0.142. The predicted molar refractivity (Wildman–Crippen MR) is 75.8 cm³/mol. The molecule has 1 N–H and O–H groups in total. The summed E-state index contributed by atoms with van der Waals surface area (Å²) in [7, 11) is 0. The molecule has 1 aromatic rings. The second-order valence-electron chi connectivity index (χ2n) is 5.77. The maximum absolute atomic E-state index is 12.4. The Morgan fingerprint density at radius 1 is 1.19 bits per heavy atom. The molecule has 3 rings (SSSR count). The molecular weight excluding hydrogens is 270 g/mol. The summed E-state index contributed by atoms with van der Waals surface area (Å²) in [5.41, 5.74) is 0.989. The molecule has 0 radical (unpaired) electrons. The normalized spacial score (nSPS) is 28.8. The van der Waals surface area contributed by atoms with Crippen molar-refractivity contribution in [3.05, 3.63) is 35.9 Å². The number of rotatable bonds is 3. The van der Waals surface area contributed by atoms with E-state index in [2.05, 4.69) is 0 Å². The first-order valence-electron chi connectivity index (χ1n) is 7.31. The third-order valence-electron chi connectivity index (χ3n) is 4.46. The Kier molecular flexibility index (Phi) is 3.92. The van der Waals surface area contributed by atoms with E-state index in [-0.39, 0.29) is 17.7 Å². The lowest BCUT2D eigenvalue weighted by Crippen LogP contribution is -2.35. The number of ether oxygens (including phenoxy) is 1. The van der Waals surface area contributed by atoms with Gasteiger partial charge in [0.2, 0.25) is 5.91 Å². The van der Waals surface area contributed by atoms with Gasteiger partial charge in [-0.1, -0.05) is 30.3 Å². The van der Waals surface area contributed by atoms with E-state index in [9.17, 15) is 14.7 Å². The van der Waals surface area contributed by atoms with Crippen molar-refractivity contribution in [2.45, 2.75) is 12.3 Å². The van der Waals surface area contributed by atoms with Crippen molar-refractivity contribution in [1.82, 2.24) is 4.90 Å². The molecule has 0 bridgehead atoms. The number of carboxylic acid groups (broad SMARTS) is 1. The maximum atomic E-state index is 12.4. The van der Waals surface area contributed by atoms with Crippen LogP contribution in [0.15, 0.2) is 30.3 Å². The van der Waals surface area contributed by atoms with Gasteiger partial charge < -0.3 is 14.7 Å². The lowest BCUT2D eigenvalue weighted by atomic mass is 9.89. The van der Waals surface area contributed by atoms with Gasteiger partial charge in [-0.3, -0.25) is 9.59 Å². The predicted octanol–water partition coefficient (Wildman–Crippen LogP) is 1.35. The molecule has 0 spiro atoms. The lowest BCUT2D eigenvalue weighted by Gasteiger charge is -2.19. The topological polar surface area (TPSA) is 66.8 Å². The van der Waals surface area contributed by atoms with Crippen LogP contribution in [-0.4, -0.2) is 48.2 Å². The number of amides is 1. The Labute approximate surface area is 123 Å². The van der Waals surface area contributed by atoms with Gasteiger partial charge in [-0.15, -0.1) is 0 Å². The molecule has 0 aromatic heterocycles. The van der Waals surface area contributed by atoms with Crippen LogP contribution in [0.4, 0.5) is 0 Å². The number of aliphatic carboxylic acids is 1. The van der Waals surface area contributed by atoms with Crippen LogP contribution in [0.5, 0.6) is 0 Å². The van der Waals surface area contributed by atoms with Crippen LogP contribution in [0.1, 0.15) is 17.9 Å². The molecule has 1 aromatic carbocycles. The molecule has 2 aliphatic rings. The Hall–Kier alpha value is -1.88. The minimum absolute atomic E-state index is 0.0391. The van der Waals surface area contributed by atoms with Gasteiger partial charge in [0.25, 0.3) is 0 Å². The smallest absolute Gasteiger partial charge is 0.308 e. The zero-order valence-electron chi connectivity index (χ0n) is 11.8. The molecule has 2 heterocycles. The van der Waals surface area contributed by atoms with E-state index in [1.54, 1.807) is 4.90 Å². The zero-order chi connectivity index (χ0) is 14.8. The fourth-order valence-electron chi connectivity index (χ4n) is 3.26. The van der Waals surface area contributed by atoms with Gasteiger partial charge in [0.15, 0.2) is 0 Å². The van der Waals surface area contributed by atoms with Gasteiger partial charge >= 0.3 is 5.97 Å². The van der Waals surface area contributed by atoms with E-state index in [4.69, 9.17) is 4.74 Å². The third kappa shape index (κ3) is 2.78. The number of nitrogens with zero attached hydrogens (tertiary/aromatic N) is 1.